The van der Waals surface area contributed by atoms with Crippen molar-refractivity contribution in [3.05, 3.63) is 38.7 Å². The minimum atomic E-state index is -0.396. The molecule has 1 heterocycles. The minimum Gasteiger partial charge on any atom is -0.469 e. The number of ether oxygens (including phenoxy) is 1. The number of methoxy groups -OCH3 is 1. The van der Waals surface area contributed by atoms with Crippen LogP contribution in [-0.4, -0.2) is 34.8 Å². The average molecular weight is 376 g/mol. The molecule has 1 fully saturated rings. The molecule has 0 unspecified atom stereocenters. The van der Waals surface area contributed by atoms with Crippen LogP contribution >= 0.6 is 47.2 Å². The fourth-order valence-corrected chi connectivity index (χ4v) is 3.57. The lowest BCUT2D eigenvalue weighted by atomic mass is 10.2. The van der Waals surface area contributed by atoms with Crippen LogP contribution in [0.3, 0.4) is 0 Å². The number of esters is 1. The van der Waals surface area contributed by atoms with Crippen molar-refractivity contribution in [1.29, 1.82) is 0 Å². The summed E-state index contributed by atoms with van der Waals surface area (Å²) < 4.78 is 4.95. The van der Waals surface area contributed by atoms with Crippen LogP contribution in [0, 0.1) is 0 Å². The zero-order valence-electron chi connectivity index (χ0n) is 11.5. The summed E-state index contributed by atoms with van der Waals surface area (Å²) in [6, 6.07) is 5.11. The lowest BCUT2D eigenvalue weighted by molar-refractivity contribution is -0.140. The Labute approximate surface area is 147 Å². The predicted molar refractivity (Wildman–Crippen MR) is 93.0 cm³/mol. The van der Waals surface area contributed by atoms with E-state index in [1.54, 1.807) is 24.3 Å². The van der Waals surface area contributed by atoms with Crippen LogP contribution in [0.1, 0.15) is 12.0 Å². The van der Waals surface area contributed by atoms with E-state index in [9.17, 15) is 9.59 Å². The van der Waals surface area contributed by atoms with E-state index in [1.807, 2.05) is 0 Å². The van der Waals surface area contributed by atoms with Crippen LogP contribution in [0.2, 0.25) is 10.0 Å². The summed E-state index contributed by atoms with van der Waals surface area (Å²) in [5, 5.41) is 0.902. The molecule has 0 bridgehead atoms. The molecule has 4 nitrogen and oxygen atoms in total. The van der Waals surface area contributed by atoms with Crippen LogP contribution in [0.15, 0.2) is 23.1 Å². The summed E-state index contributed by atoms with van der Waals surface area (Å²) in [6.45, 7) is 0.185. The number of thiocarbonyl (C=S) groups is 1. The van der Waals surface area contributed by atoms with Gasteiger partial charge in [-0.2, -0.15) is 0 Å². The van der Waals surface area contributed by atoms with Crippen molar-refractivity contribution in [1.82, 2.24) is 4.90 Å². The molecule has 0 radical (unpaired) electrons. The van der Waals surface area contributed by atoms with Gasteiger partial charge in [0.15, 0.2) is 0 Å². The van der Waals surface area contributed by atoms with E-state index in [0.29, 0.717) is 24.8 Å². The monoisotopic (exact) mass is 375 g/mol. The van der Waals surface area contributed by atoms with Crippen molar-refractivity contribution in [3.8, 4) is 0 Å². The van der Waals surface area contributed by atoms with Crippen molar-refractivity contribution in [2.75, 3.05) is 13.7 Å². The molecular weight excluding hydrogens is 365 g/mol. The lowest BCUT2D eigenvalue weighted by Crippen LogP contribution is -2.30. The molecule has 0 saturated carbocycles. The third kappa shape index (κ3) is 3.81. The highest BCUT2D eigenvalue weighted by Gasteiger charge is 2.32. The minimum absolute atomic E-state index is 0.0864. The van der Waals surface area contributed by atoms with Crippen molar-refractivity contribution < 1.29 is 14.3 Å². The number of rotatable bonds is 4. The largest absolute Gasteiger partial charge is 0.469 e. The highest BCUT2D eigenvalue weighted by atomic mass is 35.5. The van der Waals surface area contributed by atoms with E-state index < -0.39 is 5.97 Å². The van der Waals surface area contributed by atoms with Crippen LogP contribution < -0.4 is 0 Å². The molecule has 1 saturated heterocycles. The summed E-state index contributed by atoms with van der Waals surface area (Å²) >= 11 is 18.5. The molecule has 1 aliphatic rings. The topological polar surface area (TPSA) is 46.6 Å². The molecule has 1 aromatic carbocycles. The normalized spacial score (nSPS) is 16.5. The fraction of sp³-hybridized carbons (Fsp3) is 0.214. The van der Waals surface area contributed by atoms with Gasteiger partial charge in [0.25, 0.3) is 5.91 Å². The molecular formula is C14H11Cl2NO3S2. The number of nitrogens with zero attached hydrogens (tertiary/aromatic N) is 1. The maximum absolute atomic E-state index is 12.4. The number of hydrogen-bond acceptors (Lipinski definition) is 5. The van der Waals surface area contributed by atoms with Crippen LogP contribution in [-0.2, 0) is 14.3 Å². The van der Waals surface area contributed by atoms with Crippen molar-refractivity contribution in [2.24, 2.45) is 0 Å². The number of carbonyl (C=O) groups excluding carboxylic acids is 2. The Kier molecular flexibility index (Phi) is 5.86. The molecule has 0 aliphatic carbocycles. The fourth-order valence-electron chi connectivity index (χ4n) is 1.78. The summed E-state index contributed by atoms with van der Waals surface area (Å²) in [5.41, 5.74) is 0.569. The first-order valence-electron chi connectivity index (χ1n) is 6.20. The maximum Gasteiger partial charge on any atom is 0.307 e. The highest BCUT2D eigenvalue weighted by Crippen LogP contribution is 2.35. The second-order valence-electron chi connectivity index (χ2n) is 4.29. The van der Waals surface area contributed by atoms with Gasteiger partial charge in [-0.1, -0.05) is 53.2 Å². The first-order valence-corrected chi connectivity index (χ1v) is 8.18. The number of halogens is 2. The van der Waals surface area contributed by atoms with E-state index in [0.717, 1.165) is 11.8 Å². The van der Waals surface area contributed by atoms with E-state index in [1.165, 1.54) is 12.0 Å². The third-order valence-corrected chi connectivity index (χ3v) is 4.95. The molecule has 0 atom stereocenters. The van der Waals surface area contributed by atoms with E-state index in [2.05, 4.69) is 4.74 Å². The van der Waals surface area contributed by atoms with Crippen LogP contribution in [0.5, 0.6) is 0 Å². The van der Waals surface area contributed by atoms with Gasteiger partial charge < -0.3 is 4.74 Å². The van der Waals surface area contributed by atoms with E-state index >= 15 is 0 Å². The van der Waals surface area contributed by atoms with Gasteiger partial charge in [0, 0.05) is 22.2 Å². The molecule has 0 aromatic heterocycles. The Morgan fingerprint density at radius 1 is 1.41 bits per heavy atom. The Morgan fingerprint density at radius 2 is 2.05 bits per heavy atom. The van der Waals surface area contributed by atoms with Crippen molar-refractivity contribution >= 4 is 69.5 Å². The van der Waals surface area contributed by atoms with Gasteiger partial charge in [0.1, 0.15) is 4.32 Å². The third-order valence-electron chi connectivity index (χ3n) is 2.92. The van der Waals surface area contributed by atoms with Crippen molar-refractivity contribution in [2.45, 2.75) is 6.42 Å². The number of benzene rings is 1. The van der Waals surface area contributed by atoms with Gasteiger partial charge in [0.05, 0.1) is 18.4 Å². The number of amides is 1. The zero-order valence-corrected chi connectivity index (χ0v) is 14.6. The smallest absolute Gasteiger partial charge is 0.307 e. The first kappa shape index (κ1) is 17.3. The Hall–Kier alpha value is -1.08. The first-order chi connectivity index (χ1) is 10.4. The lowest BCUT2D eigenvalue weighted by Gasteiger charge is -2.13. The highest BCUT2D eigenvalue weighted by molar-refractivity contribution is 8.26. The quantitative estimate of drug-likeness (QED) is 0.455. The summed E-state index contributed by atoms with van der Waals surface area (Å²) in [6.07, 6.45) is 1.70. The van der Waals surface area contributed by atoms with Gasteiger partial charge in [0.2, 0.25) is 0 Å². The Morgan fingerprint density at radius 3 is 2.64 bits per heavy atom. The van der Waals surface area contributed by atoms with E-state index in [-0.39, 0.29) is 18.9 Å². The van der Waals surface area contributed by atoms with Gasteiger partial charge >= 0.3 is 5.97 Å². The SMILES string of the molecule is COC(=O)CCN1C(=O)/C(=C\c2c(Cl)cccc2Cl)SC1=S. The molecule has 1 amide bonds. The summed E-state index contributed by atoms with van der Waals surface area (Å²) in [7, 11) is 1.30. The average Bonchev–Trinajstić information content (AvgIpc) is 2.75. The van der Waals surface area contributed by atoms with Crippen LogP contribution in [0.4, 0.5) is 0 Å². The number of hydrogen-bond donors (Lipinski definition) is 0. The number of thioether (sulfide) groups is 1. The molecule has 1 aliphatic heterocycles. The molecule has 2 rings (SSSR count). The Balaban J connectivity index is 2.21. The second-order valence-corrected chi connectivity index (χ2v) is 6.78. The molecule has 22 heavy (non-hydrogen) atoms. The van der Waals surface area contributed by atoms with Gasteiger partial charge in [-0.15, -0.1) is 0 Å². The molecule has 0 N–H and O–H groups in total. The van der Waals surface area contributed by atoms with E-state index in [4.69, 9.17) is 35.4 Å². The van der Waals surface area contributed by atoms with Crippen LogP contribution in [0.25, 0.3) is 6.08 Å². The summed E-state index contributed by atoms with van der Waals surface area (Å²) in [4.78, 5) is 25.3. The van der Waals surface area contributed by atoms with Gasteiger partial charge in [-0.25, -0.2) is 0 Å². The molecule has 1 aromatic rings. The standard InChI is InChI=1S/C14H11Cl2NO3S2/c1-20-12(18)5-6-17-13(19)11(22-14(17)21)7-8-9(15)3-2-4-10(8)16/h2-4,7H,5-6H2,1H3/b11-7+. The second kappa shape index (κ2) is 7.46. The Bertz CT molecular complexity index is 656. The molecule has 116 valence electrons. The molecule has 0 spiro atoms. The molecule has 8 heteroatoms. The van der Waals surface area contributed by atoms with Gasteiger partial charge in [-0.3, -0.25) is 14.5 Å². The number of carbonyl (C=O) groups is 2. The zero-order chi connectivity index (χ0) is 16.3. The maximum atomic E-state index is 12.4. The summed E-state index contributed by atoms with van der Waals surface area (Å²) in [5.74, 6) is -0.665. The van der Waals surface area contributed by atoms with Gasteiger partial charge in [-0.05, 0) is 18.2 Å². The van der Waals surface area contributed by atoms with Crippen molar-refractivity contribution in [3.63, 3.8) is 0 Å². The predicted octanol–water partition coefficient (Wildman–Crippen LogP) is 3.76.